The lowest BCUT2D eigenvalue weighted by atomic mass is 9.78. The Bertz CT molecular complexity index is 557. The summed E-state index contributed by atoms with van der Waals surface area (Å²) >= 11 is 0. The summed E-state index contributed by atoms with van der Waals surface area (Å²) in [5, 5.41) is 12.6. The first-order chi connectivity index (χ1) is 10.6. The second kappa shape index (κ2) is 6.11. The zero-order valence-electron chi connectivity index (χ0n) is 12.9. The van der Waals surface area contributed by atoms with E-state index >= 15 is 0 Å². The number of rotatable bonds is 5. The summed E-state index contributed by atoms with van der Waals surface area (Å²) in [5.41, 5.74) is 1.08. The van der Waals surface area contributed by atoms with Gasteiger partial charge in [-0.2, -0.15) is 0 Å². The van der Waals surface area contributed by atoms with Crippen molar-refractivity contribution in [2.24, 2.45) is 23.7 Å². The number of hydrogen-bond donors (Lipinski definition) is 2. The number of fused-ring (bicyclic) bond motifs is 2. The van der Waals surface area contributed by atoms with E-state index in [1.54, 1.807) is 0 Å². The van der Waals surface area contributed by atoms with Gasteiger partial charge in [0.2, 0.25) is 5.91 Å². The van der Waals surface area contributed by atoms with Gasteiger partial charge in [0, 0.05) is 0 Å². The molecule has 0 radical (unpaired) electrons. The lowest BCUT2D eigenvalue weighted by molar-refractivity contribution is -0.149. The molecule has 2 bridgehead atoms. The van der Waals surface area contributed by atoms with Crippen LogP contribution in [0.3, 0.4) is 0 Å². The fourth-order valence-electron chi connectivity index (χ4n) is 4.40. The maximum absolute atomic E-state index is 12.7. The number of carboxylic acids is 1. The van der Waals surface area contributed by atoms with Gasteiger partial charge in [-0.1, -0.05) is 37.3 Å². The van der Waals surface area contributed by atoms with Crippen molar-refractivity contribution in [3.05, 3.63) is 35.9 Å². The summed E-state index contributed by atoms with van der Waals surface area (Å²) in [6.45, 7) is 2.04. The van der Waals surface area contributed by atoms with Crippen LogP contribution in [0.1, 0.15) is 44.2 Å². The molecule has 1 amide bonds. The third kappa shape index (κ3) is 2.62. The van der Waals surface area contributed by atoms with E-state index < -0.39 is 11.9 Å². The Morgan fingerprint density at radius 1 is 1.18 bits per heavy atom. The highest BCUT2D eigenvalue weighted by Crippen LogP contribution is 2.52. The summed E-state index contributed by atoms with van der Waals surface area (Å²) in [6.07, 6.45) is 3.65. The Labute approximate surface area is 130 Å². The molecule has 0 spiro atoms. The second-order valence-electron chi connectivity index (χ2n) is 6.60. The number of carbonyl (C=O) groups excluding carboxylic acids is 1. The standard InChI is InChI=1S/C18H23NO3/c1-2-14(11-6-4-3-5-7-11)19-17(20)15-12-8-9-13(10-12)16(15)18(21)22/h3-7,12-16H,2,8-10H2,1H3,(H,19,20)(H,21,22)/t12-,13+,14-,15+,16+/m1/s1. The van der Waals surface area contributed by atoms with E-state index in [0.29, 0.717) is 0 Å². The van der Waals surface area contributed by atoms with Crippen LogP contribution in [0.2, 0.25) is 0 Å². The van der Waals surface area contributed by atoms with Crippen molar-refractivity contribution in [1.29, 1.82) is 0 Å². The van der Waals surface area contributed by atoms with Gasteiger partial charge >= 0.3 is 5.97 Å². The highest BCUT2D eigenvalue weighted by Gasteiger charge is 2.54. The molecule has 0 saturated heterocycles. The zero-order chi connectivity index (χ0) is 15.7. The van der Waals surface area contributed by atoms with Crippen LogP contribution in [0, 0.1) is 23.7 Å². The SMILES string of the molecule is CC[C@@H](NC(=O)[C@H]1[C@@H]2CC[C@@H](C2)[C@@H]1C(=O)O)c1ccccc1. The van der Waals surface area contributed by atoms with Crippen molar-refractivity contribution in [2.45, 2.75) is 38.6 Å². The van der Waals surface area contributed by atoms with Gasteiger partial charge in [0.05, 0.1) is 17.9 Å². The molecular formula is C18H23NO3. The molecule has 2 fully saturated rings. The van der Waals surface area contributed by atoms with Gasteiger partial charge in [0.1, 0.15) is 0 Å². The zero-order valence-corrected chi connectivity index (χ0v) is 12.9. The van der Waals surface area contributed by atoms with E-state index in [-0.39, 0.29) is 29.7 Å². The van der Waals surface area contributed by atoms with Crippen LogP contribution in [0.25, 0.3) is 0 Å². The maximum atomic E-state index is 12.7. The number of carboxylic acid groups (broad SMARTS) is 1. The predicted octanol–water partition coefficient (Wildman–Crippen LogP) is 3.00. The van der Waals surface area contributed by atoms with E-state index in [9.17, 15) is 14.7 Å². The summed E-state index contributed by atoms with van der Waals surface area (Å²) in [7, 11) is 0. The largest absolute Gasteiger partial charge is 0.481 e. The number of amides is 1. The van der Waals surface area contributed by atoms with Gasteiger partial charge < -0.3 is 10.4 Å². The first-order valence-electron chi connectivity index (χ1n) is 8.20. The molecule has 3 rings (SSSR count). The molecule has 2 N–H and O–H groups in total. The Kier molecular flexibility index (Phi) is 4.19. The molecule has 0 unspecified atom stereocenters. The van der Waals surface area contributed by atoms with Gasteiger partial charge in [-0.05, 0) is 43.1 Å². The maximum Gasteiger partial charge on any atom is 0.307 e. The highest BCUT2D eigenvalue weighted by molar-refractivity contribution is 5.86. The van der Waals surface area contributed by atoms with Gasteiger partial charge in [-0.15, -0.1) is 0 Å². The van der Waals surface area contributed by atoms with Gasteiger partial charge in [0.15, 0.2) is 0 Å². The molecule has 2 saturated carbocycles. The third-order valence-electron chi connectivity index (χ3n) is 5.43. The van der Waals surface area contributed by atoms with Crippen LogP contribution in [-0.4, -0.2) is 17.0 Å². The minimum Gasteiger partial charge on any atom is -0.481 e. The van der Waals surface area contributed by atoms with E-state index in [1.807, 2.05) is 37.3 Å². The highest BCUT2D eigenvalue weighted by atomic mass is 16.4. The van der Waals surface area contributed by atoms with Crippen molar-refractivity contribution in [3.8, 4) is 0 Å². The second-order valence-corrected chi connectivity index (χ2v) is 6.60. The molecule has 1 aromatic rings. The van der Waals surface area contributed by atoms with Gasteiger partial charge in [0.25, 0.3) is 0 Å². The molecule has 118 valence electrons. The molecule has 0 aromatic heterocycles. The smallest absolute Gasteiger partial charge is 0.307 e. The summed E-state index contributed by atoms with van der Waals surface area (Å²) in [5.74, 6) is -1.29. The molecule has 2 aliphatic carbocycles. The predicted molar refractivity (Wildman–Crippen MR) is 83.1 cm³/mol. The average molecular weight is 301 g/mol. The topological polar surface area (TPSA) is 66.4 Å². The number of aliphatic carboxylic acids is 1. The third-order valence-corrected chi connectivity index (χ3v) is 5.43. The van der Waals surface area contributed by atoms with Crippen LogP contribution < -0.4 is 5.32 Å². The monoisotopic (exact) mass is 301 g/mol. The fourth-order valence-corrected chi connectivity index (χ4v) is 4.40. The molecule has 5 atom stereocenters. The van der Waals surface area contributed by atoms with Crippen molar-refractivity contribution >= 4 is 11.9 Å². The minimum absolute atomic E-state index is 0.0396. The molecule has 4 nitrogen and oxygen atoms in total. The summed E-state index contributed by atoms with van der Waals surface area (Å²) in [6, 6.07) is 9.84. The molecule has 2 aliphatic rings. The summed E-state index contributed by atoms with van der Waals surface area (Å²) in [4.78, 5) is 24.3. The molecule has 22 heavy (non-hydrogen) atoms. The van der Waals surface area contributed by atoms with Crippen LogP contribution in [0.5, 0.6) is 0 Å². The Morgan fingerprint density at radius 2 is 1.82 bits per heavy atom. The summed E-state index contributed by atoms with van der Waals surface area (Å²) < 4.78 is 0. The van der Waals surface area contributed by atoms with E-state index in [1.165, 1.54) is 0 Å². The average Bonchev–Trinajstić information content (AvgIpc) is 3.14. The number of nitrogens with one attached hydrogen (secondary N) is 1. The van der Waals surface area contributed by atoms with Gasteiger partial charge in [-0.3, -0.25) is 9.59 Å². The van der Waals surface area contributed by atoms with E-state index in [4.69, 9.17) is 0 Å². The van der Waals surface area contributed by atoms with Crippen molar-refractivity contribution in [3.63, 3.8) is 0 Å². The first-order valence-corrected chi connectivity index (χ1v) is 8.20. The number of hydrogen-bond acceptors (Lipinski definition) is 2. The Hall–Kier alpha value is -1.84. The Morgan fingerprint density at radius 3 is 2.41 bits per heavy atom. The van der Waals surface area contributed by atoms with Crippen molar-refractivity contribution < 1.29 is 14.7 Å². The van der Waals surface area contributed by atoms with Gasteiger partial charge in [-0.25, -0.2) is 0 Å². The first kappa shape index (κ1) is 15.1. The quantitative estimate of drug-likeness (QED) is 0.878. The number of benzene rings is 1. The molecule has 1 aromatic carbocycles. The van der Waals surface area contributed by atoms with E-state index in [2.05, 4.69) is 5.32 Å². The van der Waals surface area contributed by atoms with Crippen molar-refractivity contribution in [2.75, 3.05) is 0 Å². The van der Waals surface area contributed by atoms with Crippen LogP contribution in [0.4, 0.5) is 0 Å². The van der Waals surface area contributed by atoms with Crippen molar-refractivity contribution in [1.82, 2.24) is 5.32 Å². The number of carbonyl (C=O) groups is 2. The minimum atomic E-state index is -0.805. The molecular weight excluding hydrogens is 278 g/mol. The lowest BCUT2D eigenvalue weighted by Gasteiger charge is -2.29. The van der Waals surface area contributed by atoms with Crippen LogP contribution in [0.15, 0.2) is 30.3 Å². The molecule has 0 heterocycles. The fraction of sp³-hybridized carbons (Fsp3) is 0.556. The normalized spacial score (nSPS) is 31.0. The molecule has 4 heteroatoms. The Balaban J connectivity index is 1.74. The van der Waals surface area contributed by atoms with Crippen LogP contribution >= 0.6 is 0 Å². The van der Waals surface area contributed by atoms with Crippen LogP contribution in [-0.2, 0) is 9.59 Å². The van der Waals surface area contributed by atoms with E-state index in [0.717, 1.165) is 31.2 Å². The lowest BCUT2D eigenvalue weighted by Crippen LogP contribution is -2.42. The molecule has 0 aliphatic heterocycles.